The third-order valence-electron chi connectivity index (χ3n) is 4.34. The Hall–Kier alpha value is -3.24. The van der Waals surface area contributed by atoms with Crippen LogP contribution in [0.3, 0.4) is 0 Å². The number of aryl methyl sites for hydroxylation is 1. The number of hydrogen-bond acceptors (Lipinski definition) is 9. The van der Waals surface area contributed by atoms with E-state index in [1.807, 2.05) is 55.5 Å². The van der Waals surface area contributed by atoms with Gasteiger partial charge >= 0.3 is 0 Å². The maximum absolute atomic E-state index is 12.2. The molecule has 0 atom stereocenters. The number of thioether (sulfide) groups is 1. The van der Waals surface area contributed by atoms with Crippen molar-refractivity contribution in [2.45, 2.75) is 23.4 Å². The molecule has 0 bridgehead atoms. The maximum Gasteiger partial charge on any atom is 0.248 e. The highest BCUT2D eigenvalue weighted by Gasteiger charge is 2.13. The molecule has 10 heteroatoms. The molecule has 2 aromatic carbocycles. The van der Waals surface area contributed by atoms with Gasteiger partial charge in [-0.2, -0.15) is 0 Å². The number of benzene rings is 2. The number of nitrogens with zero attached hydrogens (tertiary/aromatic N) is 4. The molecule has 2 heterocycles. The smallest absolute Gasteiger partial charge is 0.248 e. The van der Waals surface area contributed by atoms with E-state index >= 15 is 0 Å². The van der Waals surface area contributed by atoms with Crippen LogP contribution < -0.4 is 10.1 Å². The maximum atomic E-state index is 12.2. The fraction of sp³-hybridized carbons (Fsp3) is 0.190. The van der Waals surface area contributed by atoms with Crippen LogP contribution in [-0.4, -0.2) is 33.4 Å². The minimum Gasteiger partial charge on any atom is -0.497 e. The molecule has 158 valence electrons. The summed E-state index contributed by atoms with van der Waals surface area (Å²) in [4.78, 5) is 12.2. The van der Waals surface area contributed by atoms with E-state index in [1.165, 1.54) is 23.1 Å². The van der Waals surface area contributed by atoms with E-state index in [4.69, 9.17) is 9.15 Å². The Labute approximate surface area is 187 Å². The fourth-order valence-corrected chi connectivity index (χ4v) is 4.37. The number of nitrogens with one attached hydrogen (secondary N) is 1. The Kier molecular flexibility index (Phi) is 6.58. The summed E-state index contributed by atoms with van der Waals surface area (Å²) in [5, 5.41) is 19.6. The van der Waals surface area contributed by atoms with Crippen molar-refractivity contribution in [3.05, 3.63) is 65.5 Å². The summed E-state index contributed by atoms with van der Waals surface area (Å²) in [6, 6.07) is 15.2. The van der Waals surface area contributed by atoms with Gasteiger partial charge < -0.3 is 14.5 Å². The average molecular weight is 454 g/mol. The van der Waals surface area contributed by atoms with Gasteiger partial charge in [0.25, 0.3) is 0 Å². The number of methoxy groups -OCH3 is 1. The van der Waals surface area contributed by atoms with E-state index in [-0.39, 0.29) is 12.3 Å². The number of anilines is 1. The predicted octanol–water partition coefficient (Wildman–Crippen LogP) is 4.38. The van der Waals surface area contributed by atoms with E-state index in [0.29, 0.717) is 27.0 Å². The van der Waals surface area contributed by atoms with E-state index in [1.54, 1.807) is 7.11 Å². The zero-order chi connectivity index (χ0) is 21.6. The van der Waals surface area contributed by atoms with Crippen molar-refractivity contribution in [2.75, 3.05) is 12.4 Å². The van der Waals surface area contributed by atoms with Crippen molar-refractivity contribution < 1.29 is 13.9 Å². The van der Waals surface area contributed by atoms with Crippen LogP contribution in [0.5, 0.6) is 5.75 Å². The molecule has 31 heavy (non-hydrogen) atoms. The lowest BCUT2D eigenvalue weighted by molar-refractivity contribution is -0.115. The Bertz CT molecular complexity index is 1170. The Balaban J connectivity index is 1.30. The second-order valence-electron chi connectivity index (χ2n) is 6.55. The van der Waals surface area contributed by atoms with Crippen molar-refractivity contribution >= 4 is 34.1 Å². The molecule has 2 aromatic heterocycles. The zero-order valence-corrected chi connectivity index (χ0v) is 18.5. The molecule has 4 rings (SSSR count). The minimum absolute atomic E-state index is 0.155. The minimum atomic E-state index is -0.155. The first-order chi connectivity index (χ1) is 15.1. The molecule has 1 N–H and O–H groups in total. The molecule has 4 aromatic rings. The highest BCUT2D eigenvalue weighted by molar-refractivity contribution is 8.00. The number of amides is 1. The lowest BCUT2D eigenvalue weighted by Gasteiger charge is -2.03. The summed E-state index contributed by atoms with van der Waals surface area (Å²) >= 11 is 2.73. The van der Waals surface area contributed by atoms with Gasteiger partial charge in [0.1, 0.15) is 5.75 Å². The topological polar surface area (TPSA) is 103 Å². The van der Waals surface area contributed by atoms with Crippen molar-refractivity contribution in [1.82, 2.24) is 20.4 Å². The molecule has 0 fully saturated rings. The summed E-state index contributed by atoms with van der Waals surface area (Å²) < 4.78 is 11.6. The number of hydrogen-bond donors (Lipinski definition) is 1. The van der Waals surface area contributed by atoms with Gasteiger partial charge in [-0.05, 0) is 36.2 Å². The second-order valence-corrected chi connectivity index (χ2v) is 8.75. The van der Waals surface area contributed by atoms with Crippen molar-refractivity contribution in [3.63, 3.8) is 0 Å². The summed E-state index contributed by atoms with van der Waals surface area (Å²) in [7, 11) is 1.61. The number of ether oxygens (including phenoxy) is 1. The van der Waals surface area contributed by atoms with Crippen LogP contribution >= 0.6 is 23.1 Å². The van der Waals surface area contributed by atoms with Gasteiger partial charge in [-0.3, -0.25) is 4.79 Å². The first-order valence-corrected chi connectivity index (χ1v) is 11.2. The number of rotatable bonds is 8. The van der Waals surface area contributed by atoms with Gasteiger partial charge in [0, 0.05) is 5.56 Å². The molecule has 0 spiro atoms. The normalized spacial score (nSPS) is 10.8. The van der Waals surface area contributed by atoms with Crippen LogP contribution in [-0.2, 0) is 17.0 Å². The Morgan fingerprint density at radius 3 is 2.68 bits per heavy atom. The highest BCUT2D eigenvalue weighted by Crippen LogP contribution is 2.29. The summed E-state index contributed by atoms with van der Waals surface area (Å²) in [6.45, 7) is 2.00. The van der Waals surface area contributed by atoms with E-state index in [2.05, 4.69) is 25.7 Å². The molecule has 1 amide bonds. The molecule has 0 aliphatic carbocycles. The zero-order valence-electron chi connectivity index (χ0n) is 16.9. The number of carbonyl (C=O) groups is 1. The third-order valence-corrected chi connectivity index (χ3v) is 6.29. The Morgan fingerprint density at radius 1 is 1.10 bits per heavy atom. The molecular formula is C21H19N5O3S2. The fourth-order valence-electron chi connectivity index (χ4n) is 2.77. The van der Waals surface area contributed by atoms with Gasteiger partial charge in [0.2, 0.25) is 22.8 Å². The number of carbonyl (C=O) groups excluding carboxylic acids is 1. The lowest BCUT2D eigenvalue weighted by atomic mass is 10.1. The van der Waals surface area contributed by atoms with Gasteiger partial charge in [-0.15, -0.1) is 20.4 Å². The van der Waals surface area contributed by atoms with Crippen LogP contribution in [0.4, 0.5) is 5.13 Å². The first kappa shape index (κ1) is 21.0. The molecule has 0 saturated carbocycles. The largest absolute Gasteiger partial charge is 0.497 e. The molecule has 0 saturated heterocycles. The number of aromatic nitrogens is 4. The van der Waals surface area contributed by atoms with Crippen molar-refractivity contribution in [2.24, 2.45) is 0 Å². The highest BCUT2D eigenvalue weighted by atomic mass is 32.2. The van der Waals surface area contributed by atoms with Crippen LogP contribution in [0.2, 0.25) is 0 Å². The van der Waals surface area contributed by atoms with Gasteiger partial charge in [0.05, 0.1) is 19.3 Å². The molecule has 0 aliphatic heterocycles. The monoisotopic (exact) mass is 453 g/mol. The quantitative estimate of drug-likeness (QED) is 0.310. The average Bonchev–Trinajstić information content (AvgIpc) is 3.42. The predicted molar refractivity (Wildman–Crippen MR) is 119 cm³/mol. The van der Waals surface area contributed by atoms with Crippen LogP contribution in [0, 0.1) is 6.92 Å². The van der Waals surface area contributed by atoms with Crippen LogP contribution in [0.25, 0.3) is 11.5 Å². The van der Waals surface area contributed by atoms with E-state index in [0.717, 1.165) is 22.4 Å². The molecule has 0 unspecified atom stereocenters. The van der Waals surface area contributed by atoms with Crippen molar-refractivity contribution in [1.29, 1.82) is 0 Å². The molecule has 0 aliphatic rings. The first-order valence-electron chi connectivity index (χ1n) is 9.38. The van der Waals surface area contributed by atoms with E-state index in [9.17, 15) is 4.79 Å². The van der Waals surface area contributed by atoms with Crippen LogP contribution in [0.15, 0.2) is 57.3 Å². The molecule has 0 radical (unpaired) electrons. The molecule has 8 nitrogen and oxygen atoms in total. The lowest BCUT2D eigenvalue weighted by Crippen LogP contribution is -2.14. The summed E-state index contributed by atoms with van der Waals surface area (Å²) in [6.07, 6.45) is 0.246. The van der Waals surface area contributed by atoms with E-state index < -0.39 is 0 Å². The summed E-state index contributed by atoms with van der Waals surface area (Å²) in [5.41, 5.74) is 2.88. The van der Waals surface area contributed by atoms with Crippen LogP contribution in [0.1, 0.15) is 17.0 Å². The third kappa shape index (κ3) is 5.47. The van der Waals surface area contributed by atoms with Crippen molar-refractivity contribution in [3.8, 4) is 17.2 Å². The second kappa shape index (κ2) is 9.71. The summed E-state index contributed by atoms with van der Waals surface area (Å²) in [5.74, 6) is 2.06. The molecular weight excluding hydrogens is 434 g/mol. The van der Waals surface area contributed by atoms with Gasteiger partial charge in [-0.25, -0.2) is 0 Å². The van der Waals surface area contributed by atoms with Gasteiger partial charge in [0.15, 0.2) is 4.34 Å². The van der Waals surface area contributed by atoms with Gasteiger partial charge in [-0.1, -0.05) is 53.4 Å². The standard InChI is InChI=1S/C21H19N5O3S2/c1-13-5-3-4-6-16(13)19-24-23-18(29-19)12-30-21-26-25-20(31-21)22-17(27)11-14-7-9-15(28-2)10-8-14/h3-10H,11-12H2,1-2H3,(H,22,25,27). The SMILES string of the molecule is COc1ccc(CC(=O)Nc2nnc(SCc3nnc(-c4ccccc4C)o3)s2)cc1. The Morgan fingerprint density at radius 2 is 1.90 bits per heavy atom.